The van der Waals surface area contributed by atoms with Crippen LogP contribution in [-0.2, 0) is 4.79 Å². The summed E-state index contributed by atoms with van der Waals surface area (Å²) in [4.78, 5) is 43.9. The summed E-state index contributed by atoms with van der Waals surface area (Å²) >= 11 is 0. The molecule has 10 heteroatoms. The van der Waals surface area contributed by atoms with Crippen molar-refractivity contribution in [3.8, 4) is 0 Å². The van der Waals surface area contributed by atoms with Crippen molar-refractivity contribution in [2.45, 2.75) is 26.7 Å². The largest absolute Gasteiger partial charge is 0.302 e. The highest BCUT2D eigenvalue weighted by atomic mass is 16.6. The zero-order valence-corrected chi connectivity index (χ0v) is 13.6. The molecule has 0 bridgehead atoms. The van der Waals surface area contributed by atoms with Crippen molar-refractivity contribution < 1.29 is 19.4 Å². The van der Waals surface area contributed by atoms with Crippen molar-refractivity contribution in [2.75, 3.05) is 0 Å². The Kier molecular flexibility index (Phi) is 4.82. The van der Waals surface area contributed by atoms with Crippen LogP contribution < -0.4 is 10.9 Å². The number of hydrogen-bond donors (Lipinski definition) is 2. The lowest BCUT2D eigenvalue weighted by Crippen LogP contribution is -2.39. The smallest absolute Gasteiger partial charge is 0.277 e. The summed E-state index contributed by atoms with van der Waals surface area (Å²) in [5.74, 6) is -0.873. The summed E-state index contributed by atoms with van der Waals surface area (Å²) in [6, 6.07) is 2.65. The average molecular weight is 348 g/mol. The summed E-state index contributed by atoms with van der Waals surface area (Å²) in [5, 5.41) is 21.7. The normalized spacial score (nSPS) is 15.9. The number of carbonyl (C=O) groups excluding carboxylic acids is 2. The molecule has 0 atom stereocenters. The molecule has 0 fully saturated rings. The van der Waals surface area contributed by atoms with Crippen LogP contribution in [0.15, 0.2) is 30.0 Å². The van der Waals surface area contributed by atoms with Gasteiger partial charge < -0.3 is 5.43 Å². The molecular weight excluding hydrogens is 332 g/mol. The SMILES string of the molecule is CC1(C)CC(=O)C=C(NNC(=O)c2cc([N+](=O)[O-])cc([N+](=O)[O-])c2)C1. The number of hydrazine groups is 1. The number of non-ortho nitro benzene ring substituents is 2. The molecule has 1 aliphatic rings. The maximum atomic E-state index is 12.1. The molecule has 1 aromatic rings. The Bertz CT molecular complexity index is 767. The summed E-state index contributed by atoms with van der Waals surface area (Å²) in [5.41, 5.74) is 3.78. The maximum absolute atomic E-state index is 12.1. The van der Waals surface area contributed by atoms with Gasteiger partial charge in [-0.3, -0.25) is 35.2 Å². The Balaban J connectivity index is 2.17. The van der Waals surface area contributed by atoms with Crippen LogP contribution in [0.4, 0.5) is 11.4 Å². The standard InChI is InChI=1S/C15H16N4O6/c1-15(2)7-10(5-13(20)8-15)16-17-14(21)9-3-11(18(22)23)6-12(4-9)19(24)25/h3-6,16H,7-8H2,1-2H3,(H,17,21). The number of benzene rings is 1. The third kappa shape index (κ3) is 4.59. The Morgan fingerprint density at radius 1 is 1.08 bits per heavy atom. The first-order valence-electron chi connectivity index (χ1n) is 7.31. The van der Waals surface area contributed by atoms with E-state index < -0.39 is 27.1 Å². The number of rotatable bonds is 5. The van der Waals surface area contributed by atoms with Crippen molar-refractivity contribution in [2.24, 2.45) is 5.41 Å². The number of nitro benzene ring substituents is 2. The van der Waals surface area contributed by atoms with Gasteiger partial charge >= 0.3 is 0 Å². The van der Waals surface area contributed by atoms with E-state index in [0.29, 0.717) is 18.5 Å². The topological polar surface area (TPSA) is 144 Å². The molecular formula is C15H16N4O6. The van der Waals surface area contributed by atoms with Crippen molar-refractivity contribution in [3.05, 3.63) is 55.8 Å². The van der Waals surface area contributed by atoms with Crippen LogP contribution in [0.3, 0.4) is 0 Å². The van der Waals surface area contributed by atoms with E-state index in [9.17, 15) is 29.8 Å². The van der Waals surface area contributed by atoms with Crippen LogP contribution >= 0.6 is 0 Å². The van der Waals surface area contributed by atoms with Crippen LogP contribution in [-0.4, -0.2) is 21.5 Å². The molecule has 0 saturated heterocycles. The molecule has 0 aromatic heterocycles. The van der Waals surface area contributed by atoms with Gasteiger partial charge in [0.25, 0.3) is 17.3 Å². The van der Waals surface area contributed by atoms with Gasteiger partial charge in [0.05, 0.1) is 21.5 Å². The van der Waals surface area contributed by atoms with Crippen molar-refractivity contribution >= 4 is 23.1 Å². The minimum absolute atomic E-state index is 0.0843. The molecule has 10 nitrogen and oxygen atoms in total. The highest BCUT2D eigenvalue weighted by Gasteiger charge is 2.28. The second kappa shape index (κ2) is 6.67. The van der Waals surface area contributed by atoms with Gasteiger partial charge in [-0.25, -0.2) is 0 Å². The van der Waals surface area contributed by atoms with Crippen LogP contribution in [0.1, 0.15) is 37.0 Å². The van der Waals surface area contributed by atoms with Crippen molar-refractivity contribution in [1.29, 1.82) is 0 Å². The highest BCUT2D eigenvalue weighted by Crippen LogP contribution is 2.32. The molecule has 1 amide bonds. The second-order valence-corrected chi connectivity index (χ2v) is 6.49. The minimum Gasteiger partial charge on any atom is -0.302 e. The lowest BCUT2D eigenvalue weighted by molar-refractivity contribution is -0.394. The van der Waals surface area contributed by atoms with Crippen molar-refractivity contribution in [3.63, 3.8) is 0 Å². The van der Waals surface area contributed by atoms with Crippen LogP contribution in [0.2, 0.25) is 0 Å². The highest BCUT2D eigenvalue weighted by molar-refractivity contribution is 5.95. The number of nitrogens with zero attached hydrogens (tertiary/aromatic N) is 2. The molecule has 0 heterocycles. The number of ketones is 1. The van der Waals surface area contributed by atoms with Gasteiger partial charge in [-0.05, 0) is 11.8 Å². The molecule has 2 rings (SSSR count). The van der Waals surface area contributed by atoms with Crippen molar-refractivity contribution in [1.82, 2.24) is 10.9 Å². The van der Waals surface area contributed by atoms with E-state index >= 15 is 0 Å². The lowest BCUT2D eigenvalue weighted by atomic mass is 9.79. The van der Waals surface area contributed by atoms with E-state index in [0.717, 1.165) is 18.2 Å². The molecule has 2 N–H and O–H groups in total. The van der Waals surface area contributed by atoms with E-state index in [-0.39, 0.29) is 16.8 Å². The first kappa shape index (κ1) is 18.0. The summed E-state index contributed by atoms with van der Waals surface area (Å²) < 4.78 is 0. The molecule has 132 valence electrons. The van der Waals surface area contributed by atoms with Gasteiger partial charge in [-0.2, -0.15) is 0 Å². The molecule has 0 saturated carbocycles. The number of nitro groups is 2. The van der Waals surface area contributed by atoms with Gasteiger partial charge in [0.2, 0.25) is 0 Å². The van der Waals surface area contributed by atoms with E-state index in [1.54, 1.807) is 0 Å². The summed E-state index contributed by atoms with van der Waals surface area (Å²) in [6.07, 6.45) is 2.29. The Morgan fingerprint density at radius 3 is 2.12 bits per heavy atom. The predicted molar refractivity (Wildman–Crippen MR) is 86.5 cm³/mol. The number of amides is 1. The molecule has 25 heavy (non-hydrogen) atoms. The third-order valence-corrected chi connectivity index (χ3v) is 3.58. The van der Waals surface area contributed by atoms with E-state index in [2.05, 4.69) is 10.9 Å². The number of carbonyl (C=O) groups is 2. The monoisotopic (exact) mass is 348 g/mol. The lowest BCUT2D eigenvalue weighted by Gasteiger charge is -2.29. The fourth-order valence-electron chi connectivity index (χ4n) is 2.57. The zero-order valence-electron chi connectivity index (χ0n) is 13.6. The van der Waals surface area contributed by atoms with Crippen LogP contribution in [0, 0.1) is 25.6 Å². The number of hydrogen-bond acceptors (Lipinski definition) is 7. The Morgan fingerprint density at radius 2 is 1.64 bits per heavy atom. The minimum atomic E-state index is -0.817. The first-order chi connectivity index (χ1) is 11.6. The second-order valence-electron chi connectivity index (χ2n) is 6.49. The van der Waals surface area contributed by atoms with Gasteiger partial charge in [-0.1, -0.05) is 13.8 Å². The molecule has 0 radical (unpaired) electrons. The molecule has 0 aliphatic heterocycles. The average Bonchev–Trinajstić information content (AvgIpc) is 2.50. The maximum Gasteiger partial charge on any atom is 0.277 e. The van der Waals surface area contributed by atoms with Crippen LogP contribution in [0.25, 0.3) is 0 Å². The zero-order chi connectivity index (χ0) is 18.8. The van der Waals surface area contributed by atoms with Gasteiger partial charge in [0.1, 0.15) is 0 Å². The van der Waals surface area contributed by atoms with Gasteiger partial charge in [0.15, 0.2) is 5.78 Å². The van der Waals surface area contributed by atoms with Crippen LogP contribution in [0.5, 0.6) is 0 Å². The third-order valence-electron chi connectivity index (χ3n) is 3.58. The van der Waals surface area contributed by atoms with Gasteiger partial charge in [-0.15, -0.1) is 0 Å². The van der Waals surface area contributed by atoms with Gasteiger partial charge in [0, 0.05) is 30.3 Å². The fraction of sp³-hybridized carbons (Fsp3) is 0.333. The summed E-state index contributed by atoms with van der Waals surface area (Å²) in [7, 11) is 0. The van der Waals surface area contributed by atoms with E-state index in [1.807, 2.05) is 13.8 Å². The fourth-order valence-corrected chi connectivity index (χ4v) is 2.57. The first-order valence-corrected chi connectivity index (χ1v) is 7.31. The molecule has 1 aliphatic carbocycles. The summed E-state index contributed by atoms with van der Waals surface area (Å²) in [6.45, 7) is 3.82. The van der Waals surface area contributed by atoms with E-state index in [4.69, 9.17) is 0 Å². The molecule has 0 spiro atoms. The number of nitrogens with one attached hydrogen (secondary N) is 2. The number of allylic oxidation sites excluding steroid dienone is 2. The Labute approximate surface area is 142 Å². The Hall–Kier alpha value is -3.30. The molecule has 1 aromatic carbocycles. The predicted octanol–water partition coefficient (Wildman–Crippen LogP) is 2.01. The molecule has 0 unspecified atom stereocenters. The van der Waals surface area contributed by atoms with E-state index in [1.165, 1.54) is 6.08 Å². The quantitative estimate of drug-likeness (QED) is 0.611.